The van der Waals surface area contributed by atoms with Crippen molar-refractivity contribution in [2.75, 3.05) is 6.16 Å². The van der Waals surface area contributed by atoms with Crippen molar-refractivity contribution in [1.29, 1.82) is 0 Å². The van der Waals surface area contributed by atoms with Gasteiger partial charge in [-0.3, -0.25) is 0 Å². The van der Waals surface area contributed by atoms with Gasteiger partial charge in [0.05, 0.1) is 0 Å². The van der Waals surface area contributed by atoms with Gasteiger partial charge in [-0.1, -0.05) is 81.8 Å². The second-order valence-corrected chi connectivity index (χ2v) is 13.3. The fourth-order valence-corrected chi connectivity index (χ4v) is 9.37. The van der Waals surface area contributed by atoms with Crippen molar-refractivity contribution < 1.29 is 26.5 Å². The molecule has 2 nitrogen and oxygen atoms in total. The average molecular weight is 539 g/mol. The third kappa shape index (κ3) is 5.81. The molecule has 180 valence electrons. The van der Waals surface area contributed by atoms with Crippen LogP contribution in [-0.2, 0) is 9.53 Å². The van der Waals surface area contributed by atoms with Crippen LogP contribution in [0.25, 0.3) is 0 Å². The molecular formula is C30H36BrO2P. The molecule has 34 heavy (non-hydrogen) atoms. The molecular weight excluding hydrogens is 503 g/mol. The van der Waals surface area contributed by atoms with E-state index in [1.165, 1.54) is 22.3 Å². The Labute approximate surface area is 216 Å². The lowest BCUT2D eigenvalue weighted by molar-refractivity contribution is -0.152. The molecule has 1 aliphatic carbocycles. The predicted molar refractivity (Wildman–Crippen MR) is 141 cm³/mol. The van der Waals surface area contributed by atoms with E-state index < -0.39 is 7.26 Å². The Hall–Kier alpha value is -1.96. The Morgan fingerprint density at radius 2 is 1.26 bits per heavy atom. The molecule has 3 aromatic rings. The average Bonchev–Trinajstić information content (AvgIpc) is 2.84. The highest BCUT2D eigenvalue weighted by Gasteiger charge is 2.48. The standard InChI is InChI=1S/C30H36O2P.BrH/c1-23(2)28-20-19-24(3)21-29(28)32-30(31)22-33(25-13-7-4-8-14-25,26-15-9-5-10-16-26)27-17-11-6-12-18-27;/h4-18,23-24,28-29H,19-22H2,1-3H3;1H/q+1;/p-1/t24-,28+,29-;/m1./s1. The Morgan fingerprint density at radius 1 is 0.824 bits per heavy atom. The minimum absolute atomic E-state index is 0. The van der Waals surface area contributed by atoms with E-state index in [-0.39, 0.29) is 29.1 Å². The summed E-state index contributed by atoms with van der Waals surface area (Å²) in [5.74, 6) is 1.51. The minimum atomic E-state index is -2.21. The molecule has 0 spiro atoms. The Kier molecular flexibility index (Phi) is 9.51. The summed E-state index contributed by atoms with van der Waals surface area (Å²) in [6.07, 6.45) is 3.76. The molecule has 0 amide bonds. The quantitative estimate of drug-likeness (QED) is 0.341. The van der Waals surface area contributed by atoms with Crippen LogP contribution in [-0.4, -0.2) is 18.2 Å². The van der Waals surface area contributed by atoms with E-state index in [4.69, 9.17) is 4.74 Å². The molecule has 0 aliphatic heterocycles. The number of carbonyl (C=O) groups excluding carboxylic acids is 1. The van der Waals surface area contributed by atoms with E-state index in [0.29, 0.717) is 23.9 Å². The molecule has 0 N–H and O–H groups in total. The van der Waals surface area contributed by atoms with Crippen LogP contribution >= 0.6 is 7.26 Å². The lowest BCUT2D eigenvalue weighted by atomic mass is 9.75. The third-order valence-electron chi connectivity index (χ3n) is 7.20. The summed E-state index contributed by atoms with van der Waals surface area (Å²) < 4.78 is 6.34. The van der Waals surface area contributed by atoms with E-state index in [2.05, 4.69) is 93.6 Å². The molecule has 1 saturated carbocycles. The van der Waals surface area contributed by atoms with Crippen molar-refractivity contribution in [2.24, 2.45) is 17.8 Å². The Bertz CT molecular complexity index is 927. The molecule has 3 aromatic carbocycles. The monoisotopic (exact) mass is 538 g/mol. The van der Waals surface area contributed by atoms with Crippen LogP contribution in [0.3, 0.4) is 0 Å². The fraction of sp³-hybridized carbons (Fsp3) is 0.367. The summed E-state index contributed by atoms with van der Waals surface area (Å²) >= 11 is 0. The molecule has 0 saturated heterocycles. The summed E-state index contributed by atoms with van der Waals surface area (Å²) in [7, 11) is -2.21. The lowest BCUT2D eigenvalue weighted by Gasteiger charge is -2.37. The molecule has 1 fully saturated rings. The largest absolute Gasteiger partial charge is 1.00 e. The number of halogens is 1. The van der Waals surface area contributed by atoms with Crippen molar-refractivity contribution >= 4 is 29.1 Å². The Morgan fingerprint density at radius 3 is 1.68 bits per heavy atom. The summed E-state index contributed by atoms with van der Waals surface area (Å²) in [6, 6.07) is 31.7. The number of hydrogen-bond acceptors (Lipinski definition) is 2. The van der Waals surface area contributed by atoms with Crippen molar-refractivity contribution in [3.8, 4) is 0 Å². The summed E-state index contributed by atoms with van der Waals surface area (Å²) in [6.45, 7) is 6.81. The number of esters is 1. The van der Waals surface area contributed by atoms with E-state index in [1.807, 2.05) is 18.2 Å². The van der Waals surface area contributed by atoms with E-state index in [0.717, 1.165) is 12.8 Å². The smallest absolute Gasteiger partial charge is 0.345 e. The highest BCUT2D eigenvalue weighted by Crippen LogP contribution is 2.55. The van der Waals surface area contributed by atoms with Gasteiger partial charge in [-0.05, 0) is 67.0 Å². The molecule has 0 unspecified atom stereocenters. The van der Waals surface area contributed by atoms with Crippen LogP contribution < -0.4 is 32.9 Å². The fourth-order valence-electron chi connectivity index (χ4n) is 5.42. The first-order valence-electron chi connectivity index (χ1n) is 12.2. The number of ether oxygens (including phenoxy) is 1. The maximum Gasteiger partial charge on any atom is 0.345 e. The van der Waals surface area contributed by atoms with Crippen LogP contribution in [0, 0.1) is 17.8 Å². The maximum atomic E-state index is 13.7. The molecule has 0 bridgehead atoms. The second-order valence-electron chi connectivity index (χ2n) is 9.83. The van der Waals surface area contributed by atoms with Crippen molar-refractivity contribution in [3.05, 3.63) is 91.0 Å². The normalized spacial score (nSPS) is 20.4. The molecule has 0 aromatic heterocycles. The first-order valence-corrected chi connectivity index (χ1v) is 14.2. The van der Waals surface area contributed by atoms with Gasteiger partial charge < -0.3 is 21.7 Å². The Balaban J connectivity index is 0.00000324. The zero-order valence-electron chi connectivity index (χ0n) is 20.4. The van der Waals surface area contributed by atoms with Crippen molar-refractivity contribution in [1.82, 2.24) is 0 Å². The first kappa shape index (κ1) is 26.6. The molecule has 0 heterocycles. The van der Waals surface area contributed by atoms with Crippen LogP contribution in [0.1, 0.15) is 40.0 Å². The van der Waals surface area contributed by atoms with Gasteiger partial charge in [0.15, 0.2) is 6.16 Å². The lowest BCUT2D eigenvalue weighted by Crippen LogP contribution is -3.00. The van der Waals surface area contributed by atoms with Gasteiger partial charge in [-0.2, -0.15) is 0 Å². The first-order chi connectivity index (χ1) is 16.0. The van der Waals surface area contributed by atoms with Crippen LogP contribution in [0.2, 0.25) is 0 Å². The van der Waals surface area contributed by atoms with E-state index in [1.54, 1.807) is 0 Å². The van der Waals surface area contributed by atoms with Crippen LogP contribution in [0.4, 0.5) is 0 Å². The van der Waals surface area contributed by atoms with Crippen LogP contribution in [0.5, 0.6) is 0 Å². The zero-order chi connectivity index (χ0) is 23.3. The van der Waals surface area contributed by atoms with Crippen molar-refractivity contribution in [2.45, 2.75) is 46.1 Å². The van der Waals surface area contributed by atoms with Gasteiger partial charge in [-0.15, -0.1) is 0 Å². The van der Waals surface area contributed by atoms with Crippen LogP contribution in [0.15, 0.2) is 91.0 Å². The van der Waals surface area contributed by atoms with E-state index in [9.17, 15) is 4.79 Å². The SMILES string of the molecule is CC(C)[C@@H]1CC[C@@H](C)C[C@H]1OC(=O)C[P+](c1ccccc1)(c1ccccc1)c1ccccc1.[Br-]. The topological polar surface area (TPSA) is 26.3 Å². The molecule has 3 atom stereocenters. The van der Waals surface area contributed by atoms with Crippen molar-refractivity contribution in [3.63, 3.8) is 0 Å². The summed E-state index contributed by atoms with van der Waals surface area (Å²) in [4.78, 5) is 13.7. The molecule has 1 aliphatic rings. The number of benzene rings is 3. The number of hydrogen-bond donors (Lipinski definition) is 0. The highest BCUT2D eigenvalue weighted by molar-refractivity contribution is 7.96. The van der Waals surface area contributed by atoms with Gasteiger partial charge in [0, 0.05) is 0 Å². The van der Waals surface area contributed by atoms with Gasteiger partial charge in [-0.25, -0.2) is 4.79 Å². The molecule has 0 radical (unpaired) electrons. The van der Waals surface area contributed by atoms with Gasteiger partial charge in [0.1, 0.15) is 29.3 Å². The molecule has 4 heteroatoms. The second kappa shape index (κ2) is 12.1. The predicted octanol–water partition coefficient (Wildman–Crippen LogP) is 2.99. The minimum Gasteiger partial charge on any atom is -1.00 e. The number of rotatable bonds is 7. The summed E-state index contributed by atoms with van der Waals surface area (Å²) in [5, 5.41) is 3.66. The van der Waals surface area contributed by atoms with E-state index >= 15 is 0 Å². The summed E-state index contributed by atoms with van der Waals surface area (Å²) in [5.41, 5.74) is 0. The number of carbonyl (C=O) groups is 1. The maximum absolute atomic E-state index is 13.7. The third-order valence-corrected chi connectivity index (χ3v) is 11.5. The van der Waals surface area contributed by atoms with Gasteiger partial charge in [0.2, 0.25) is 0 Å². The van der Waals surface area contributed by atoms with Gasteiger partial charge in [0.25, 0.3) is 0 Å². The molecule has 4 rings (SSSR count). The zero-order valence-corrected chi connectivity index (χ0v) is 22.9. The van der Waals surface area contributed by atoms with Gasteiger partial charge >= 0.3 is 5.97 Å². The highest BCUT2D eigenvalue weighted by atomic mass is 79.9.